The Morgan fingerprint density at radius 2 is 1.90 bits per heavy atom. The average Bonchev–Trinajstić information content (AvgIpc) is 2.97. The SMILES string of the molecule is COc1cc(Br)c(C=C2SC(=Nc3cccc(C(=O)O)c3)N(C)C2=O)cc1OC. The van der Waals surface area contributed by atoms with Crippen LogP contribution in [0.2, 0.25) is 0 Å². The molecule has 0 aromatic heterocycles. The number of likely N-dealkylation sites (N-methyl/N-ethyl adjacent to an activating group) is 1. The number of carboxylic acids is 1. The normalized spacial score (nSPS) is 16.6. The Morgan fingerprint density at radius 3 is 2.55 bits per heavy atom. The summed E-state index contributed by atoms with van der Waals surface area (Å²) in [7, 11) is 4.72. The predicted molar refractivity (Wildman–Crippen MR) is 116 cm³/mol. The number of nitrogens with zero attached hydrogens (tertiary/aromatic N) is 2. The van der Waals surface area contributed by atoms with Crippen molar-refractivity contribution < 1.29 is 24.2 Å². The van der Waals surface area contributed by atoms with Gasteiger partial charge in [0.05, 0.1) is 30.4 Å². The highest BCUT2D eigenvalue weighted by Crippen LogP contribution is 2.38. The van der Waals surface area contributed by atoms with Crippen LogP contribution < -0.4 is 9.47 Å². The molecule has 3 rings (SSSR count). The standard InChI is InChI=1S/C20H17BrN2O5S/c1-23-18(24)17(9-12-8-15(27-2)16(28-3)10-14(12)21)29-20(23)22-13-6-4-5-11(7-13)19(25)26/h4-10H,1-3H3,(H,25,26). The molecule has 1 fully saturated rings. The molecule has 1 saturated heterocycles. The van der Waals surface area contributed by atoms with Gasteiger partial charge >= 0.3 is 5.97 Å². The van der Waals surface area contributed by atoms with E-state index in [0.717, 1.165) is 10.0 Å². The van der Waals surface area contributed by atoms with Crippen LogP contribution in [0.4, 0.5) is 5.69 Å². The van der Waals surface area contributed by atoms with Gasteiger partial charge in [-0.15, -0.1) is 0 Å². The van der Waals surface area contributed by atoms with Crippen molar-refractivity contribution in [3.63, 3.8) is 0 Å². The van der Waals surface area contributed by atoms with Gasteiger partial charge < -0.3 is 14.6 Å². The fraction of sp³-hybridized carbons (Fsp3) is 0.150. The van der Waals surface area contributed by atoms with E-state index in [1.807, 2.05) is 0 Å². The van der Waals surface area contributed by atoms with Crippen LogP contribution in [-0.4, -0.2) is 48.3 Å². The molecule has 1 heterocycles. The minimum absolute atomic E-state index is 0.133. The highest BCUT2D eigenvalue weighted by Gasteiger charge is 2.30. The summed E-state index contributed by atoms with van der Waals surface area (Å²) in [6.07, 6.45) is 1.74. The fourth-order valence-corrected chi connectivity index (χ4v) is 4.01. The second-order valence-corrected chi connectivity index (χ2v) is 7.82. The second-order valence-electron chi connectivity index (χ2n) is 5.95. The number of hydrogen-bond acceptors (Lipinski definition) is 6. The second kappa shape index (κ2) is 8.71. The van der Waals surface area contributed by atoms with Crippen LogP contribution in [0.15, 0.2) is 50.8 Å². The average molecular weight is 477 g/mol. The summed E-state index contributed by atoms with van der Waals surface area (Å²) in [5, 5.41) is 9.58. The van der Waals surface area contributed by atoms with Crippen LogP contribution >= 0.6 is 27.7 Å². The molecule has 0 bridgehead atoms. The number of aliphatic imine (C=N–C) groups is 1. The van der Waals surface area contributed by atoms with Crippen LogP contribution in [-0.2, 0) is 4.79 Å². The van der Waals surface area contributed by atoms with Crippen molar-refractivity contribution in [2.24, 2.45) is 4.99 Å². The largest absolute Gasteiger partial charge is 0.493 e. The molecule has 0 aliphatic carbocycles. The van der Waals surface area contributed by atoms with Crippen molar-refractivity contribution in [2.75, 3.05) is 21.3 Å². The number of ether oxygens (including phenoxy) is 2. The van der Waals surface area contributed by atoms with Gasteiger partial charge in [0.15, 0.2) is 16.7 Å². The Bertz CT molecular complexity index is 1050. The molecular weight excluding hydrogens is 460 g/mol. The number of methoxy groups -OCH3 is 2. The number of rotatable bonds is 5. The lowest BCUT2D eigenvalue weighted by Gasteiger charge is -2.10. The van der Waals surface area contributed by atoms with Gasteiger partial charge in [-0.05, 0) is 53.7 Å². The maximum Gasteiger partial charge on any atom is 0.335 e. The number of benzene rings is 2. The summed E-state index contributed by atoms with van der Waals surface area (Å²) in [6, 6.07) is 9.79. The third kappa shape index (κ3) is 4.46. The van der Waals surface area contributed by atoms with Gasteiger partial charge in [0.2, 0.25) is 0 Å². The molecule has 2 aromatic carbocycles. The minimum atomic E-state index is -1.03. The molecule has 150 valence electrons. The van der Waals surface area contributed by atoms with Gasteiger partial charge in [0.1, 0.15) is 0 Å². The lowest BCUT2D eigenvalue weighted by atomic mass is 10.2. The first kappa shape index (κ1) is 20.9. The van der Waals surface area contributed by atoms with Gasteiger partial charge in [-0.3, -0.25) is 9.69 Å². The quantitative estimate of drug-likeness (QED) is 0.643. The van der Waals surface area contributed by atoms with E-state index in [9.17, 15) is 9.59 Å². The lowest BCUT2D eigenvalue weighted by Crippen LogP contribution is -2.23. The summed E-state index contributed by atoms with van der Waals surface area (Å²) in [5.41, 5.74) is 1.34. The van der Waals surface area contributed by atoms with Gasteiger partial charge in [-0.25, -0.2) is 9.79 Å². The topological polar surface area (TPSA) is 88.4 Å². The maximum atomic E-state index is 12.7. The maximum absolute atomic E-state index is 12.7. The summed E-state index contributed by atoms with van der Waals surface area (Å²) in [6.45, 7) is 0. The zero-order valence-corrected chi connectivity index (χ0v) is 18.2. The van der Waals surface area contributed by atoms with Crippen molar-refractivity contribution in [1.29, 1.82) is 0 Å². The third-order valence-corrected chi connectivity index (χ3v) is 5.86. The van der Waals surface area contributed by atoms with Crippen LogP contribution in [0.25, 0.3) is 6.08 Å². The van der Waals surface area contributed by atoms with E-state index < -0.39 is 5.97 Å². The molecule has 9 heteroatoms. The van der Waals surface area contributed by atoms with Crippen LogP contribution in [0.3, 0.4) is 0 Å². The van der Waals surface area contributed by atoms with E-state index in [4.69, 9.17) is 14.6 Å². The molecule has 1 N–H and O–H groups in total. The number of thioether (sulfide) groups is 1. The summed E-state index contributed by atoms with van der Waals surface area (Å²) in [5.74, 6) is -0.116. The number of carboxylic acid groups (broad SMARTS) is 1. The fourth-order valence-electron chi connectivity index (χ4n) is 2.59. The number of carbonyl (C=O) groups is 2. The number of hydrogen-bond donors (Lipinski definition) is 1. The van der Waals surface area contributed by atoms with Crippen molar-refractivity contribution in [3.8, 4) is 11.5 Å². The Hall–Kier alpha value is -2.78. The predicted octanol–water partition coefficient (Wildman–Crippen LogP) is 4.40. The zero-order valence-electron chi connectivity index (χ0n) is 15.8. The van der Waals surface area contributed by atoms with Crippen LogP contribution in [0.1, 0.15) is 15.9 Å². The summed E-state index contributed by atoms with van der Waals surface area (Å²) < 4.78 is 11.3. The van der Waals surface area contributed by atoms with Crippen LogP contribution in [0.5, 0.6) is 11.5 Å². The molecule has 1 aliphatic rings. The molecule has 0 unspecified atom stereocenters. The Kier molecular flexibility index (Phi) is 6.29. The summed E-state index contributed by atoms with van der Waals surface area (Å²) >= 11 is 4.69. The molecule has 0 saturated carbocycles. The first-order valence-corrected chi connectivity index (χ1v) is 9.96. The van der Waals surface area contributed by atoms with Crippen molar-refractivity contribution in [2.45, 2.75) is 0 Å². The molecular formula is C20H17BrN2O5S. The lowest BCUT2D eigenvalue weighted by molar-refractivity contribution is -0.121. The molecule has 0 radical (unpaired) electrons. The molecule has 29 heavy (non-hydrogen) atoms. The smallest absolute Gasteiger partial charge is 0.335 e. The van der Waals surface area contributed by atoms with E-state index in [-0.39, 0.29) is 11.5 Å². The number of carbonyl (C=O) groups excluding carboxylic acids is 1. The van der Waals surface area contributed by atoms with Crippen molar-refractivity contribution in [3.05, 3.63) is 56.9 Å². The third-order valence-electron chi connectivity index (χ3n) is 4.11. The van der Waals surface area contributed by atoms with E-state index in [1.165, 1.54) is 28.8 Å². The monoisotopic (exact) mass is 476 g/mol. The van der Waals surface area contributed by atoms with E-state index in [1.54, 1.807) is 51.6 Å². The molecule has 0 spiro atoms. The first-order chi connectivity index (χ1) is 13.8. The number of aromatic carboxylic acids is 1. The molecule has 2 aromatic rings. The summed E-state index contributed by atoms with van der Waals surface area (Å²) in [4.78, 5) is 30.1. The molecule has 1 amide bonds. The van der Waals surface area contributed by atoms with Gasteiger partial charge in [0, 0.05) is 11.5 Å². The number of amidine groups is 1. The number of halogens is 1. The molecule has 0 atom stereocenters. The van der Waals surface area contributed by atoms with E-state index in [0.29, 0.717) is 27.3 Å². The minimum Gasteiger partial charge on any atom is -0.493 e. The van der Waals surface area contributed by atoms with Crippen LogP contribution in [0, 0.1) is 0 Å². The Balaban J connectivity index is 1.95. The van der Waals surface area contributed by atoms with Gasteiger partial charge in [-0.1, -0.05) is 22.0 Å². The Labute approximate surface area is 180 Å². The molecule has 1 aliphatic heterocycles. The molecule has 7 nitrogen and oxygen atoms in total. The van der Waals surface area contributed by atoms with Crippen molar-refractivity contribution >= 4 is 56.5 Å². The zero-order chi connectivity index (χ0) is 21.1. The van der Waals surface area contributed by atoms with Gasteiger partial charge in [0.25, 0.3) is 5.91 Å². The first-order valence-electron chi connectivity index (χ1n) is 8.35. The highest BCUT2D eigenvalue weighted by atomic mass is 79.9. The van der Waals surface area contributed by atoms with Crippen molar-refractivity contribution in [1.82, 2.24) is 4.90 Å². The van der Waals surface area contributed by atoms with Gasteiger partial charge in [-0.2, -0.15) is 0 Å². The highest BCUT2D eigenvalue weighted by molar-refractivity contribution is 9.10. The van der Waals surface area contributed by atoms with E-state index >= 15 is 0 Å². The van der Waals surface area contributed by atoms with E-state index in [2.05, 4.69) is 20.9 Å². The Morgan fingerprint density at radius 1 is 1.21 bits per heavy atom. The number of amides is 1.